The fourth-order valence-electron chi connectivity index (χ4n) is 0.959. The molecule has 0 radical (unpaired) electrons. The monoisotopic (exact) mass is 309 g/mol. The number of hydrogen-bond donors (Lipinski definition) is 1. The van der Waals surface area contributed by atoms with Gasteiger partial charge in [0.1, 0.15) is 11.4 Å². The number of anilines is 1. The molecule has 3 nitrogen and oxygen atoms in total. The minimum atomic E-state index is -0.679. The highest BCUT2D eigenvalue weighted by molar-refractivity contribution is 14.1. The zero-order chi connectivity index (χ0) is 10.7. The number of nitrogens with two attached hydrogens (primary N) is 1. The Hall–Kier alpha value is -0.850. The van der Waals surface area contributed by atoms with E-state index in [4.69, 9.17) is 10.5 Å². The molecule has 0 heterocycles. The standard InChI is InChI=1S/C9H9FINO2/c1-2-14-9(13)7-5(10)3-4-6(12)8(7)11/h3-4H,2,12H2,1H3. The molecule has 0 atom stereocenters. The van der Waals surface area contributed by atoms with E-state index in [9.17, 15) is 9.18 Å². The molecule has 0 spiro atoms. The smallest absolute Gasteiger partial charge is 0.342 e. The van der Waals surface area contributed by atoms with Crippen LogP contribution in [-0.4, -0.2) is 12.6 Å². The van der Waals surface area contributed by atoms with E-state index in [1.54, 1.807) is 6.92 Å². The third kappa shape index (κ3) is 2.14. The molecular weight excluding hydrogens is 300 g/mol. The first-order chi connectivity index (χ1) is 6.57. The lowest BCUT2D eigenvalue weighted by atomic mass is 10.2. The first-order valence-corrected chi connectivity index (χ1v) is 5.06. The summed E-state index contributed by atoms with van der Waals surface area (Å²) in [6, 6.07) is 2.57. The predicted octanol–water partition coefficient (Wildman–Crippen LogP) is 2.19. The van der Waals surface area contributed by atoms with E-state index in [0.717, 1.165) is 6.07 Å². The fourth-order valence-corrected chi connectivity index (χ4v) is 1.62. The maximum Gasteiger partial charge on any atom is 0.342 e. The second-order valence-electron chi connectivity index (χ2n) is 2.55. The van der Waals surface area contributed by atoms with Crippen molar-refractivity contribution in [2.45, 2.75) is 6.92 Å². The van der Waals surface area contributed by atoms with Crippen molar-refractivity contribution in [3.63, 3.8) is 0 Å². The van der Waals surface area contributed by atoms with Crippen LogP contribution in [0.5, 0.6) is 0 Å². The second kappa shape index (κ2) is 4.59. The Morgan fingerprint density at radius 2 is 2.29 bits per heavy atom. The number of carbonyl (C=O) groups excluding carboxylic acids is 1. The lowest BCUT2D eigenvalue weighted by Crippen LogP contribution is -2.10. The number of benzene rings is 1. The van der Waals surface area contributed by atoms with Gasteiger partial charge in [0.25, 0.3) is 0 Å². The first kappa shape index (κ1) is 11.2. The van der Waals surface area contributed by atoms with Gasteiger partial charge in [0.2, 0.25) is 0 Å². The summed E-state index contributed by atoms with van der Waals surface area (Å²) in [7, 11) is 0. The average Bonchev–Trinajstić information content (AvgIpc) is 2.13. The first-order valence-electron chi connectivity index (χ1n) is 3.98. The number of carbonyl (C=O) groups is 1. The van der Waals surface area contributed by atoms with Gasteiger partial charge in [0.05, 0.1) is 10.2 Å². The SMILES string of the molecule is CCOC(=O)c1c(F)ccc(N)c1I. The molecular formula is C9H9FINO2. The summed E-state index contributed by atoms with van der Waals surface area (Å²) < 4.78 is 18.3. The summed E-state index contributed by atoms with van der Waals surface area (Å²) in [4.78, 5) is 11.3. The van der Waals surface area contributed by atoms with Crippen molar-refractivity contribution >= 4 is 34.2 Å². The summed E-state index contributed by atoms with van der Waals surface area (Å²) in [5.41, 5.74) is 5.82. The van der Waals surface area contributed by atoms with Gasteiger partial charge in [-0.05, 0) is 41.6 Å². The minimum absolute atomic E-state index is 0.0903. The maximum atomic E-state index is 13.2. The zero-order valence-electron chi connectivity index (χ0n) is 7.51. The number of hydrogen-bond acceptors (Lipinski definition) is 3. The molecule has 1 rings (SSSR count). The van der Waals surface area contributed by atoms with Gasteiger partial charge in [-0.1, -0.05) is 0 Å². The van der Waals surface area contributed by atoms with E-state index in [0.29, 0.717) is 9.26 Å². The van der Waals surface area contributed by atoms with Crippen LogP contribution in [0.1, 0.15) is 17.3 Å². The number of esters is 1. The molecule has 0 bridgehead atoms. The molecule has 1 aromatic rings. The van der Waals surface area contributed by atoms with E-state index in [1.165, 1.54) is 6.07 Å². The Morgan fingerprint density at radius 3 is 2.86 bits per heavy atom. The third-order valence-corrected chi connectivity index (χ3v) is 2.76. The predicted molar refractivity (Wildman–Crippen MR) is 59.5 cm³/mol. The molecule has 0 unspecified atom stereocenters. The molecule has 76 valence electrons. The highest BCUT2D eigenvalue weighted by Crippen LogP contribution is 2.23. The van der Waals surface area contributed by atoms with Gasteiger partial charge in [-0.2, -0.15) is 0 Å². The number of nitrogen functional groups attached to an aromatic ring is 1. The van der Waals surface area contributed by atoms with E-state index in [2.05, 4.69) is 0 Å². The molecule has 14 heavy (non-hydrogen) atoms. The second-order valence-corrected chi connectivity index (χ2v) is 3.62. The van der Waals surface area contributed by atoms with Crippen LogP contribution in [0.4, 0.5) is 10.1 Å². The quantitative estimate of drug-likeness (QED) is 0.517. The fraction of sp³-hybridized carbons (Fsp3) is 0.222. The molecule has 0 saturated heterocycles. The molecule has 5 heteroatoms. The average molecular weight is 309 g/mol. The minimum Gasteiger partial charge on any atom is -0.462 e. The van der Waals surface area contributed by atoms with Crippen LogP contribution in [0.2, 0.25) is 0 Å². The van der Waals surface area contributed by atoms with Gasteiger partial charge < -0.3 is 10.5 Å². The van der Waals surface area contributed by atoms with Gasteiger partial charge in [-0.3, -0.25) is 0 Å². The van der Waals surface area contributed by atoms with Crippen LogP contribution in [0.15, 0.2) is 12.1 Å². The van der Waals surface area contributed by atoms with Gasteiger partial charge in [0, 0.05) is 5.69 Å². The van der Waals surface area contributed by atoms with Crippen molar-refractivity contribution in [3.8, 4) is 0 Å². The Balaban J connectivity index is 3.18. The Labute approximate surface area is 94.6 Å². The lowest BCUT2D eigenvalue weighted by Gasteiger charge is -2.07. The van der Waals surface area contributed by atoms with Crippen molar-refractivity contribution in [2.24, 2.45) is 0 Å². The number of ether oxygens (including phenoxy) is 1. The van der Waals surface area contributed by atoms with Crippen LogP contribution in [0, 0.1) is 9.39 Å². The summed E-state index contributed by atoms with van der Waals surface area (Å²) in [5.74, 6) is -1.29. The van der Waals surface area contributed by atoms with Crippen LogP contribution in [0.25, 0.3) is 0 Å². The summed E-state index contributed by atoms with van der Waals surface area (Å²) in [6.07, 6.45) is 0. The Morgan fingerprint density at radius 1 is 1.64 bits per heavy atom. The van der Waals surface area contributed by atoms with Crippen molar-refractivity contribution in [3.05, 3.63) is 27.1 Å². The molecule has 0 aliphatic heterocycles. The molecule has 0 aliphatic rings. The van der Waals surface area contributed by atoms with Crippen molar-refractivity contribution in [1.82, 2.24) is 0 Å². The number of halogens is 2. The van der Waals surface area contributed by atoms with Crippen molar-refractivity contribution in [1.29, 1.82) is 0 Å². The van der Waals surface area contributed by atoms with Crippen LogP contribution in [-0.2, 0) is 4.74 Å². The molecule has 2 N–H and O–H groups in total. The van der Waals surface area contributed by atoms with Crippen molar-refractivity contribution < 1.29 is 13.9 Å². The highest BCUT2D eigenvalue weighted by Gasteiger charge is 2.18. The third-order valence-electron chi connectivity index (χ3n) is 1.60. The molecule has 0 amide bonds. The Kier molecular flexibility index (Phi) is 3.68. The van der Waals surface area contributed by atoms with Crippen LogP contribution >= 0.6 is 22.6 Å². The van der Waals surface area contributed by atoms with Crippen LogP contribution < -0.4 is 5.73 Å². The van der Waals surface area contributed by atoms with E-state index >= 15 is 0 Å². The van der Waals surface area contributed by atoms with Crippen LogP contribution in [0.3, 0.4) is 0 Å². The molecule has 0 aromatic heterocycles. The van der Waals surface area contributed by atoms with Gasteiger partial charge in [-0.25, -0.2) is 9.18 Å². The van der Waals surface area contributed by atoms with Gasteiger partial charge in [-0.15, -0.1) is 0 Å². The van der Waals surface area contributed by atoms with E-state index in [-0.39, 0.29) is 12.2 Å². The summed E-state index contributed by atoms with van der Waals surface area (Å²) in [6.45, 7) is 1.87. The maximum absolute atomic E-state index is 13.2. The zero-order valence-corrected chi connectivity index (χ0v) is 9.67. The molecule has 1 aromatic carbocycles. The van der Waals surface area contributed by atoms with Crippen molar-refractivity contribution in [2.75, 3.05) is 12.3 Å². The Bertz CT molecular complexity index is 368. The largest absolute Gasteiger partial charge is 0.462 e. The molecule has 0 fully saturated rings. The van der Waals surface area contributed by atoms with E-state index in [1.807, 2.05) is 22.6 Å². The number of rotatable bonds is 2. The summed E-state index contributed by atoms with van der Waals surface area (Å²) >= 11 is 1.82. The van der Waals surface area contributed by atoms with E-state index < -0.39 is 11.8 Å². The summed E-state index contributed by atoms with van der Waals surface area (Å²) in [5, 5.41) is 0. The molecule has 0 saturated carbocycles. The van der Waals surface area contributed by atoms with Gasteiger partial charge >= 0.3 is 5.97 Å². The topological polar surface area (TPSA) is 52.3 Å². The lowest BCUT2D eigenvalue weighted by molar-refractivity contribution is 0.0520. The highest BCUT2D eigenvalue weighted by atomic mass is 127. The normalized spacial score (nSPS) is 9.93. The van der Waals surface area contributed by atoms with Gasteiger partial charge in [0.15, 0.2) is 0 Å². The molecule has 0 aliphatic carbocycles.